The quantitative estimate of drug-likeness (QED) is 0.468. The van der Waals surface area contributed by atoms with Crippen molar-refractivity contribution in [3.05, 3.63) is 35.9 Å². The van der Waals surface area contributed by atoms with Gasteiger partial charge in [0, 0.05) is 6.42 Å². The number of hydrogen-bond donors (Lipinski definition) is 3. The Morgan fingerprint density at radius 1 is 1.09 bits per heavy atom. The van der Waals surface area contributed by atoms with Gasteiger partial charge in [-0.15, -0.1) is 0 Å². The predicted octanol–water partition coefficient (Wildman–Crippen LogP) is 1.47. The topological polar surface area (TPSA) is 148 Å². The molecular weight excluding hydrogens is 440 g/mol. The van der Waals surface area contributed by atoms with E-state index in [-0.39, 0.29) is 31.3 Å². The lowest BCUT2D eigenvalue weighted by atomic mass is 9.99. The molecular formula is C24H34N4O6. The SMILES string of the molecule is CC(C)C[C@@H](NC(=O)[C@@H](NC(=O)[C@@H]1CCC(=O)N1C(=O)OCc1ccccc1)C(C)C)C(N)=O. The fourth-order valence-corrected chi connectivity index (χ4v) is 3.71. The third kappa shape index (κ3) is 7.29. The van der Waals surface area contributed by atoms with Crippen LogP contribution in [-0.4, -0.2) is 52.7 Å². The van der Waals surface area contributed by atoms with Gasteiger partial charge in [0.2, 0.25) is 23.6 Å². The van der Waals surface area contributed by atoms with Gasteiger partial charge in [-0.05, 0) is 30.2 Å². The Bertz CT molecular complexity index is 902. The van der Waals surface area contributed by atoms with Crippen LogP contribution in [0.2, 0.25) is 0 Å². The fourth-order valence-electron chi connectivity index (χ4n) is 3.71. The van der Waals surface area contributed by atoms with E-state index in [1.807, 2.05) is 19.9 Å². The van der Waals surface area contributed by atoms with Crippen LogP contribution in [0.3, 0.4) is 0 Å². The van der Waals surface area contributed by atoms with Crippen molar-refractivity contribution in [3.63, 3.8) is 0 Å². The van der Waals surface area contributed by atoms with Crippen LogP contribution < -0.4 is 16.4 Å². The van der Waals surface area contributed by atoms with Crippen molar-refractivity contribution in [1.82, 2.24) is 15.5 Å². The summed E-state index contributed by atoms with van der Waals surface area (Å²) < 4.78 is 5.23. The summed E-state index contributed by atoms with van der Waals surface area (Å²) in [4.78, 5) is 63.3. The average molecular weight is 475 g/mol. The highest BCUT2D eigenvalue weighted by Gasteiger charge is 2.42. The predicted molar refractivity (Wildman–Crippen MR) is 124 cm³/mol. The number of likely N-dealkylation sites (tertiary alicyclic amines) is 1. The molecule has 1 saturated heterocycles. The Hall–Kier alpha value is -3.43. The molecule has 0 unspecified atom stereocenters. The first-order valence-electron chi connectivity index (χ1n) is 11.4. The second-order valence-electron chi connectivity index (χ2n) is 9.18. The van der Waals surface area contributed by atoms with E-state index in [0.29, 0.717) is 6.42 Å². The molecule has 1 aromatic carbocycles. The molecule has 0 aliphatic carbocycles. The van der Waals surface area contributed by atoms with E-state index in [1.54, 1.807) is 38.1 Å². The highest BCUT2D eigenvalue weighted by atomic mass is 16.6. The highest BCUT2D eigenvalue weighted by Crippen LogP contribution is 2.21. The van der Waals surface area contributed by atoms with Crippen LogP contribution in [0.25, 0.3) is 0 Å². The lowest BCUT2D eigenvalue weighted by Gasteiger charge is -2.28. The summed E-state index contributed by atoms with van der Waals surface area (Å²) in [5.74, 6) is -2.60. The van der Waals surface area contributed by atoms with Crippen LogP contribution in [0.1, 0.15) is 52.5 Å². The first-order chi connectivity index (χ1) is 16.0. The van der Waals surface area contributed by atoms with Gasteiger partial charge in [0.05, 0.1) is 0 Å². The molecule has 1 aromatic rings. The van der Waals surface area contributed by atoms with Gasteiger partial charge in [-0.3, -0.25) is 19.2 Å². The lowest BCUT2D eigenvalue weighted by Crippen LogP contribution is -2.58. The molecule has 0 radical (unpaired) electrons. The third-order valence-electron chi connectivity index (χ3n) is 5.53. The molecule has 1 heterocycles. The number of imide groups is 1. The van der Waals surface area contributed by atoms with Crippen LogP contribution in [0, 0.1) is 11.8 Å². The summed E-state index contributed by atoms with van der Waals surface area (Å²) in [5.41, 5.74) is 6.15. The molecule has 2 rings (SSSR count). The van der Waals surface area contributed by atoms with Gasteiger partial charge < -0.3 is 21.1 Å². The van der Waals surface area contributed by atoms with Crippen LogP contribution in [0.15, 0.2) is 30.3 Å². The van der Waals surface area contributed by atoms with Crippen molar-refractivity contribution in [2.24, 2.45) is 17.6 Å². The van der Waals surface area contributed by atoms with Crippen LogP contribution >= 0.6 is 0 Å². The first-order valence-corrected chi connectivity index (χ1v) is 11.4. The molecule has 1 aliphatic heterocycles. The van der Waals surface area contributed by atoms with Crippen LogP contribution in [0.5, 0.6) is 0 Å². The third-order valence-corrected chi connectivity index (χ3v) is 5.53. The van der Waals surface area contributed by atoms with Gasteiger partial charge in [0.25, 0.3) is 0 Å². The molecule has 4 N–H and O–H groups in total. The lowest BCUT2D eigenvalue weighted by molar-refractivity contribution is -0.136. The Morgan fingerprint density at radius 2 is 1.74 bits per heavy atom. The van der Waals surface area contributed by atoms with Crippen molar-refractivity contribution in [1.29, 1.82) is 0 Å². The molecule has 0 saturated carbocycles. The largest absolute Gasteiger partial charge is 0.444 e. The molecule has 0 aromatic heterocycles. The van der Waals surface area contributed by atoms with E-state index < -0.39 is 47.8 Å². The van der Waals surface area contributed by atoms with Crippen LogP contribution in [0.4, 0.5) is 4.79 Å². The molecule has 10 heteroatoms. The van der Waals surface area contributed by atoms with Gasteiger partial charge in [0.1, 0.15) is 24.7 Å². The molecule has 1 aliphatic rings. The number of amides is 5. The summed E-state index contributed by atoms with van der Waals surface area (Å²) in [6.45, 7) is 7.22. The number of nitrogens with zero attached hydrogens (tertiary/aromatic N) is 1. The van der Waals surface area contributed by atoms with Gasteiger partial charge in [-0.25, -0.2) is 9.69 Å². The van der Waals surface area contributed by atoms with Crippen molar-refractivity contribution in [2.75, 3.05) is 0 Å². The molecule has 5 amide bonds. The number of primary amides is 1. The number of nitrogens with one attached hydrogen (secondary N) is 2. The first kappa shape index (κ1) is 26.8. The standard InChI is InChI=1S/C24H34N4O6/c1-14(2)12-17(21(25)30)26-23(32)20(15(3)4)27-22(31)18-10-11-19(29)28(18)24(33)34-13-16-8-6-5-7-9-16/h5-9,14-15,17-18,20H,10-13H2,1-4H3,(H2,25,30)(H,26,32)(H,27,31)/t17-,18+,20+/m1/s1. The zero-order valence-electron chi connectivity index (χ0n) is 20.1. The summed E-state index contributed by atoms with van der Waals surface area (Å²) in [7, 11) is 0. The zero-order valence-corrected chi connectivity index (χ0v) is 20.1. The van der Waals surface area contributed by atoms with Gasteiger partial charge in [-0.2, -0.15) is 0 Å². The number of hydrogen-bond acceptors (Lipinski definition) is 6. The Morgan fingerprint density at radius 3 is 2.29 bits per heavy atom. The van der Waals surface area contributed by atoms with Crippen molar-refractivity contribution in [2.45, 2.75) is 71.7 Å². The summed E-state index contributed by atoms with van der Waals surface area (Å²) in [6.07, 6.45) is -0.426. The monoisotopic (exact) mass is 474 g/mol. The number of benzene rings is 1. The zero-order chi connectivity index (χ0) is 25.4. The number of ether oxygens (including phenoxy) is 1. The van der Waals surface area contributed by atoms with Gasteiger partial charge in [0.15, 0.2) is 0 Å². The maximum atomic E-state index is 13.0. The van der Waals surface area contributed by atoms with Crippen molar-refractivity contribution in [3.8, 4) is 0 Å². The second kappa shape index (κ2) is 12.2. The summed E-state index contributed by atoms with van der Waals surface area (Å²) in [6, 6.07) is 6.01. The minimum Gasteiger partial charge on any atom is -0.444 e. The molecule has 34 heavy (non-hydrogen) atoms. The van der Waals surface area contributed by atoms with E-state index >= 15 is 0 Å². The summed E-state index contributed by atoms with van der Waals surface area (Å²) >= 11 is 0. The molecule has 1 fully saturated rings. The minimum absolute atomic E-state index is 0.00913. The van der Waals surface area contributed by atoms with E-state index in [1.165, 1.54) is 0 Å². The number of carbonyl (C=O) groups is 5. The summed E-state index contributed by atoms with van der Waals surface area (Å²) in [5, 5.41) is 5.24. The van der Waals surface area contributed by atoms with Gasteiger partial charge in [-0.1, -0.05) is 58.0 Å². The molecule has 186 valence electrons. The van der Waals surface area contributed by atoms with E-state index in [2.05, 4.69) is 10.6 Å². The maximum absolute atomic E-state index is 13.0. The van der Waals surface area contributed by atoms with E-state index in [0.717, 1.165) is 10.5 Å². The van der Waals surface area contributed by atoms with Crippen molar-refractivity contribution < 1.29 is 28.7 Å². The molecule has 0 bridgehead atoms. The molecule has 3 atom stereocenters. The highest BCUT2D eigenvalue weighted by molar-refractivity contribution is 6.01. The normalized spacial score (nSPS) is 17.4. The smallest absolute Gasteiger partial charge is 0.417 e. The Kier molecular flexibility index (Phi) is 9.58. The number of rotatable bonds is 10. The van der Waals surface area contributed by atoms with E-state index in [9.17, 15) is 24.0 Å². The second-order valence-corrected chi connectivity index (χ2v) is 9.18. The number of nitrogens with two attached hydrogens (primary N) is 1. The minimum atomic E-state index is -1.09. The maximum Gasteiger partial charge on any atom is 0.417 e. The Balaban J connectivity index is 2.06. The fraction of sp³-hybridized carbons (Fsp3) is 0.542. The molecule has 0 spiro atoms. The van der Waals surface area contributed by atoms with Crippen molar-refractivity contribution >= 4 is 29.7 Å². The molecule has 10 nitrogen and oxygen atoms in total. The Labute approximate surface area is 199 Å². The van der Waals surface area contributed by atoms with Gasteiger partial charge >= 0.3 is 6.09 Å². The average Bonchev–Trinajstić information content (AvgIpc) is 3.16. The van der Waals surface area contributed by atoms with Crippen LogP contribution in [-0.2, 0) is 30.5 Å². The van der Waals surface area contributed by atoms with E-state index in [4.69, 9.17) is 10.5 Å². The number of carbonyl (C=O) groups excluding carboxylic acids is 5.